The molecule has 2 saturated heterocycles. The Kier molecular flexibility index (Phi) is 3.68. The first-order valence-electron chi connectivity index (χ1n) is 8.87. The number of fused-ring (bicyclic) bond motifs is 2. The number of hydrogen-bond acceptors (Lipinski definition) is 4. The number of likely N-dealkylation sites (tertiary alicyclic amines) is 1. The van der Waals surface area contributed by atoms with Crippen molar-refractivity contribution in [3.05, 3.63) is 33.2 Å². The Hall–Kier alpha value is -2.64. The maximum Gasteiger partial charge on any atom is 0.314 e. The third-order valence-corrected chi connectivity index (χ3v) is 6.12. The number of aliphatic carboxylic acids is 1. The van der Waals surface area contributed by atoms with E-state index in [0.717, 1.165) is 36.9 Å². The van der Waals surface area contributed by atoms with Crippen molar-refractivity contribution in [2.24, 2.45) is 18.4 Å². The minimum atomic E-state index is -1.30. The molecule has 0 bridgehead atoms. The Morgan fingerprint density at radius 1 is 1.27 bits per heavy atom. The van der Waals surface area contributed by atoms with E-state index in [0.29, 0.717) is 0 Å². The van der Waals surface area contributed by atoms with Crippen LogP contribution < -0.4 is 10.9 Å². The van der Waals surface area contributed by atoms with Crippen molar-refractivity contribution in [2.45, 2.75) is 25.7 Å². The number of amides is 2. The van der Waals surface area contributed by atoms with Gasteiger partial charge < -0.3 is 19.9 Å². The quantitative estimate of drug-likeness (QED) is 0.743. The van der Waals surface area contributed by atoms with Crippen molar-refractivity contribution in [1.29, 1.82) is 0 Å². The van der Waals surface area contributed by atoms with Gasteiger partial charge in [-0.1, -0.05) is 0 Å². The van der Waals surface area contributed by atoms with Crippen LogP contribution in [0.15, 0.2) is 10.9 Å². The number of carboxylic acids is 1. The molecule has 138 valence electrons. The molecule has 0 aromatic carbocycles. The zero-order valence-electron chi connectivity index (χ0n) is 14.6. The van der Waals surface area contributed by atoms with Crippen LogP contribution in [0.3, 0.4) is 0 Å². The van der Waals surface area contributed by atoms with Crippen LogP contribution in [-0.2, 0) is 29.5 Å². The van der Waals surface area contributed by atoms with Crippen molar-refractivity contribution in [3.63, 3.8) is 0 Å². The number of carbonyl (C=O) groups excluding carboxylic acids is 2. The van der Waals surface area contributed by atoms with Crippen molar-refractivity contribution >= 4 is 17.8 Å². The number of rotatable bonds is 2. The van der Waals surface area contributed by atoms with Crippen LogP contribution in [0, 0.1) is 11.3 Å². The van der Waals surface area contributed by atoms with Crippen LogP contribution >= 0.6 is 0 Å². The predicted molar refractivity (Wildman–Crippen MR) is 90.8 cm³/mol. The summed E-state index contributed by atoms with van der Waals surface area (Å²) in [5.74, 6) is -2.69. The normalized spacial score (nSPS) is 27.0. The first-order chi connectivity index (χ1) is 12.3. The molecule has 3 aliphatic rings. The molecule has 1 aromatic heterocycles. The predicted octanol–water partition coefficient (Wildman–Crippen LogP) is -0.463. The van der Waals surface area contributed by atoms with Crippen LogP contribution in [0.1, 0.15) is 34.5 Å². The van der Waals surface area contributed by atoms with E-state index in [1.165, 1.54) is 9.47 Å². The maximum absolute atomic E-state index is 13.0. The fourth-order valence-electron chi connectivity index (χ4n) is 4.55. The molecule has 8 nitrogen and oxygen atoms in total. The zero-order chi connectivity index (χ0) is 18.6. The minimum Gasteiger partial charge on any atom is -0.481 e. The molecule has 0 radical (unpaired) electrons. The molecular weight excluding hydrogens is 338 g/mol. The lowest BCUT2D eigenvalue weighted by atomic mass is 9.81. The lowest BCUT2D eigenvalue weighted by Crippen LogP contribution is -2.42. The van der Waals surface area contributed by atoms with E-state index in [1.807, 2.05) is 0 Å². The molecule has 2 atom stereocenters. The highest BCUT2D eigenvalue weighted by Crippen LogP contribution is 2.40. The van der Waals surface area contributed by atoms with Crippen LogP contribution in [0.4, 0.5) is 0 Å². The number of aromatic nitrogens is 1. The fourth-order valence-corrected chi connectivity index (χ4v) is 4.55. The average Bonchev–Trinajstić information content (AvgIpc) is 3.16. The molecule has 0 unspecified atom stereocenters. The summed E-state index contributed by atoms with van der Waals surface area (Å²) >= 11 is 0. The minimum absolute atomic E-state index is 0.0117. The Morgan fingerprint density at radius 3 is 2.69 bits per heavy atom. The first kappa shape index (κ1) is 16.8. The average molecular weight is 359 g/mol. The first-order valence-corrected chi connectivity index (χ1v) is 8.87. The second kappa shape index (κ2) is 5.69. The van der Waals surface area contributed by atoms with Gasteiger partial charge in [-0.2, -0.15) is 0 Å². The standard InChI is InChI=1S/C18H21N3O5/c1-20-13-5-3-2-4-10(13)6-11(15(20)23)16(24)21-7-12-14(22)19-8-18(12,9-21)17(25)26/h6,12H,2-5,7-9H2,1H3,(H,19,22)(H,25,26)/t12-,18+/m0/s1. The van der Waals surface area contributed by atoms with Crippen LogP contribution in [0.5, 0.6) is 0 Å². The second-order valence-electron chi connectivity index (χ2n) is 7.52. The largest absolute Gasteiger partial charge is 0.481 e. The monoisotopic (exact) mass is 359 g/mol. The van der Waals surface area contributed by atoms with Crippen LogP contribution in [0.2, 0.25) is 0 Å². The van der Waals surface area contributed by atoms with Crippen molar-refractivity contribution < 1.29 is 19.5 Å². The Bertz CT molecular complexity index is 890. The van der Waals surface area contributed by atoms with E-state index in [4.69, 9.17) is 0 Å². The number of aryl methyl sites for hydroxylation is 1. The van der Waals surface area contributed by atoms with E-state index >= 15 is 0 Å². The van der Waals surface area contributed by atoms with Gasteiger partial charge in [-0.3, -0.25) is 19.2 Å². The van der Waals surface area contributed by atoms with Gasteiger partial charge in [0.05, 0.1) is 5.92 Å². The van der Waals surface area contributed by atoms with E-state index in [2.05, 4.69) is 5.32 Å². The third kappa shape index (κ3) is 2.21. The second-order valence-corrected chi connectivity index (χ2v) is 7.52. The number of hydrogen-bond donors (Lipinski definition) is 2. The Labute approximate surface area is 149 Å². The summed E-state index contributed by atoms with van der Waals surface area (Å²) in [5.41, 5.74) is 0.381. The number of nitrogens with one attached hydrogen (secondary N) is 1. The molecule has 1 aromatic rings. The smallest absolute Gasteiger partial charge is 0.314 e. The molecule has 0 saturated carbocycles. The topological polar surface area (TPSA) is 109 Å². The van der Waals surface area contributed by atoms with Gasteiger partial charge in [0.15, 0.2) is 0 Å². The summed E-state index contributed by atoms with van der Waals surface area (Å²) in [6.07, 6.45) is 3.70. The van der Waals surface area contributed by atoms with Crippen LogP contribution in [-0.4, -0.2) is 52.0 Å². The van der Waals surface area contributed by atoms with Crippen LogP contribution in [0.25, 0.3) is 0 Å². The van der Waals surface area contributed by atoms with Crippen molar-refractivity contribution in [2.75, 3.05) is 19.6 Å². The van der Waals surface area contributed by atoms with Crippen molar-refractivity contribution in [1.82, 2.24) is 14.8 Å². The van der Waals surface area contributed by atoms with E-state index in [9.17, 15) is 24.3 Å². The lowest BCUT2D eigenvalue weighted by Gasteiger charge is -2.23. The molecule has 2 amide bonds. The van der Waals surface area contributed by atoms with Gasteiger partial charge in [-0.05, 0) is 37.3 Å². The summed E-state index contributed by atoms with van der Waals surface area (Å²) in [6, 6.07) is 1.67. The molecule has 3 heterocycles. The van der Waals surface area contributed by atoms with Gasteiger partial charge >= 0.3 is 5.97 Å². The summed E-state index contributed by atoms with van der Waals surface area (Å²) in [4.78, 5) is 50.8. The van der Waals surface area contributed by atoms with Gasteiger partial charge in [-0.15, -0.1) is 0 Å². The highest BCUT2D eigenvalue weighted by molar-refractivity contribution is 5.98. The maximum atomic E-state index is 13.0. The molecule has 2 aliphatic heterocycles. The number of nitrogens with zero attached hydrogens (tertiary/aromatic N) is 2. The molecule has 2 fully saturated rings. The summed E-state index contributed by atoms with van der Waals surface area (Å²) in [6.45, 7) is -0.0279. The Morgan fingerprint density at radius 2 is 2.00 bits per heavy atom. The van der Waals surface area contributed by atoms with Gasteiger partial charge in [0.25, 0.3) is 11.5 Å². The summed E-state index contributed by atoms with van der Waals surface area (Å²) < 4.78 is 1.54. The molecular formula is C18H21N3O5. The number of pyridine rings is 1. The molecule has 26 heavy (non-hydrogen) atoms. The number of carbonyl (C=O) groups is 3. The highest BCUT2D eigenvalue weighted by atomic mass is 16.4. The van der Waals surface area contributed by atoms with Gasteiger partial charge in [0.2, 0.25) is 5.91 Å². The molecule has 2 N–H and O–H groups in total. The van der Waals surface area contributed by atoms with Gasteiger partial charge in [0, 0.05) is 32.4 Å². The SMILES string of the molecule is Cn1c2c(cc(C(=O)N3C[C@H]4C(=O)NC[C@@]4(C(=O)O)C3)c1=O)CCCC2. The molecule has 8 heteroatoms. The summed E-state index contributed by atoms with van der Waals surface area (Å²) in [5, 5.41) is 12.2. The third-order valence-electron chi connectivity index (χ3n) is 6.12. The van der Waals surface area contributed by atoms with E-state index in [1.54, 1.807) is 13.1 Å². The molecule has 0 spiro atoms. The zero-order valence-corrected chi connectivity index (χ0v) is 14.6. The summed E-state index contributed by atoms with van der Waals surface area (Å²) in [7, 11) is 1.67. The van der Waals surface area contributed by atoms with Crippen molar-refractivity contribution in [3.8, 4) is 0 Å². The fraction of sp³-hybridized carbons (Fsp3) is 0.556. The lowest BCUT2D eigenvalue weighted by molar-refractivity contribution is -0.149. The highest BCUT2D eigenvalue weighted by Gasteiger charge is 2.60. The Balaban J connectivity index is 1.70. The van der Waals surface area contributed by atoms with Gasteiger partial charge in [-0.25, -0.2) is 0 Å². The van der Waals surface area contributed by atoms with E-state index in [-0.39, 0.29) is 36.7 Å². The van der Waals surface area contributed by atoms with E-state index < -0.39 is 23.2 Å². The number of carboxylic acid groups (broad SMARTS) is 1. The molecule has 4 rings (SSSR count). The molecule has 1 aliphatic carbocycles. The van der Waals surface area contributed by atoms with Gasteiger partial charge in [0.1, 0.15) is 11.0 Å².